The number of hydrogen-bond donors (Lipinski definition) is 2. The predicted octanol–water partition coefficient (Wildman–Crippen LogP) is 0.116. The third kappa shape index (κ3) is 47.2. The molecule has 18 rings (SSSR count). The van der Waals surface area contributed by atoms with Crippen molar-refractivity contribution in [3.05, 3.63) is 0 Å². The van der Waals surface area contributed by atoms with Crippen LogP contribution in [-0.2, 0) is 120 Å². The first-order valence-electron chi connectivity index (χ1n) is 47.9. The number of cyclic esters (lactones) is 1. The molecule has 5 atom stereocenters. The minimum atomic E-state index is -2.79. The number of thiocarbonyl (C=S) groups is 1. The van der Waals surface area contributed by atoms with Gasteiger partial charge in [-0.1, -0.05) is 56.5 Å². The van der Waals surface area contributed by atoms with Gasteiger partial charge in [0.25, 0.3) is 22.3 Å². The monoisotopic (exact) mass is 2180 g/mol. The quantitative estimate of drug-likeness (QED) is 0.152. The van der Waals surface area contributed by atoms with E-state index in [0.717, 1.165) is 159 Å². The third-order valence-corrected chi connectivity index (χ3v) is 29.1. The molecule has 27 amide bonds. The molecule has 18 fully saturated rings. The third-order valence-electron chi connectivity index (χ3n) is 24.8. The Hall–Kier alpha value is -12.0. The van der Waals surface area contributed by atoms with Crippen LogP contribution in [0.3, 0.4) is 0 Å². The fraction of sp³-hybridized carbons (Fsp3) is 0.717. The lowest BCUT2D eigenvalue weighted by Gasteiger charge is -2.21. The Morgan fingerprint density at radius 2 is 0.858 bits per heavy atom. The van der Waals surface area contributed by atoms with Crippen molar-refractivity contribution in [2.24, 2.45) is 17.8 Å². The molecule has 0 spiro atoms. The maximum atomic E-state index is 11.0. The van der Waals surface area contributed by atoms with E-state index in [2.05, 4.69) is 31.8 Å². The summed E-state index contributed by atoms with van der Waals surface area (Å²) in [6.45, 7) is 17.1. The van der Waals surface area contributed by atoms with Crippen LogP contribution in [0.25, 0.3) is 0 Å². The molecular formula is C92H153N21O31S4. The summed E-state index contributed by atoms with van der Waals surface area (Å²) in [5.41, 5.74) is 0. The number of piperidine rings is 2. The highest BCUT2D eigenvalue weighted by molar-refractivity contribution is 8.14. The van der Waals surface area contributed by atoms with Gasteiger partial charge in [0, 0.05) is 280 Å². The number of nitrogens with one attached hydrogen (secondary N) is 2. The molecule has 18 saturated heterocycles. The lowest BCUT2D eigenvalue weighted by molar-refractivity contribution is -0.157. The first-order chi connectivity index (χ1) is 69.0. The number of morpholine rings is 2. The summed E-state index contributed by atoms with van der Waals surface area (Å²) in [5.74, 6) is 1.46. The summed E-state index contributed by atoms with van der Waals surface area (Å²) in [6.07, 6.45) is 13.2. The van der Waals surface area contributed by atoms with E-state index >= 15 is 0 Å². The van der Waals surface area contributed by atoms with Gasteiger partial charge in [0.1, 0.15) is 39.0 Å². The number of sulfonamides is 1. The van der Waals surface area contributed by atoms with E-state index in [1.165, 1.54) is 108 Å². The SMILES string of the molecule is CC1C(=O)N(C)C(=O)C1C.CC1CCC(=O)N1C.CC1CCN(C)C1=O.CN1C(=O)CCC1=O.CN1C(=O)CCC1=S.CN1C(=O)CCCC1=O.CN1C(=O)CNC1=O.CN1C(=O)COCC1=O.CN1C(=O)CSC1=O.CN1CC(=O)N(C)C1=O.CN1CCCC1=O.CN1CCCCC1=O.CN1CCCS1(=O)=O.CN1CCNC1=O.CN1CCOC1=O.CN1CCOCC1=O.CN1CCSC1=O.COC(=O)C1CCC(=O)N1C. The van der Waals surface area contributed by atoms with Crippen molar-refractivity contribution in [1.82, 2.24) is 103 Å². The molecule has 5 unspecified atom stereocenters. The zero-order valence-corrected chi connectivity index (χ0v) is 93.1. The highest BCUT2D eigenvalue weighted by atomic mass is 32.2. The summed E-state index contributed by atoms with van der Waals surface area (Å²) in [7, 11) is 30.1. The largest absolute Gasteiger partial charge is 0.467 e. The molecule has 0 aliphatic carbocycles. The number of imide groups is 7. The van der Waals surface area contributed by atoms with Crippen molar-refractivity contribution in [2.45, 2.75) is 155 Å². The van der Waals surface area contributed by atoms with Crippen molar-refractivity contribution < 1.29 is 147 Å². The number of esters is 1. The van der Waals surface area contributed by atoms with Crippen molar-refractivity contribution in [3.8, 4) is 0 Å². The average molecular weight is 2180 g/mol. The number of hydrogen-bond acceptors (Lipinski definition) is 34. The van der Waals surface area contributed by atoms with Gasteiger partial charge in [-0.3, -0.25) is 130 Å². The lowest BCUT2D eigenvalue weighted by atomic mass is 10.00. The van der Waals surface area contributed by atoms with Crippen molar-refractivity contribution >= 4 is 198 Å². The second-order valence-electron chi connectivity index (χ2n) is 36.0. The number of nitrogens with zero attached hydrogens (tertiary/aromatic N) is 19. The Balaban J connectivity index is 0.000000784. The van der Waals surface area contributed by atoms with Gasteiger partial charge in [-0.15, -0.1) is 0 Å². The molecule has 0 aromatic rings. The predicted molar refractivity (Wildman–Crippen MR) is 545 cm³/mol. The number of likely N-dealkylation sites (tertiary alicyclic amines) is 9. The molecule has 56 heteroatoms. The van der Waals surface area contributed by atoms with Gasteiger partial charge < -0.3 is 83.5 Å². The molecule has 0 saturated carbocycles. The van der Waals surface area contributed by atoms with E-state index in [1.807, 2.05) is 42.2 Å². The minimum absolute atomic E-state index is 0.0143. The molecule has 18 aliphatic heterocycles. The first kappa shape index (κ1) is 134. The van der Waals surface area contributed by atoms with Crippen LogP contribution in [0.1, 0.15) is 143 Å². The molecule has 18 heterocycles. The van der Waals surface area contributed by atoms with Crippen molar-refractivity contribution in [1.29, 1.82) is 0 Å². The minimum Gasteiger partial charge on any atom is -0.467 e. The number of rotatable bonds is 1. The zero-order chi connectivity index (χ0) is 113. The smallest absolute Gasteiger partial charge is 0.409 e. The van der Waals surface area contributed by atoms with E-state index in [-0.39, 0.29) is 186 Å². The highest BCUT2D eigenvalue weighted by Gasteiger charge is 2.41. The average Bonchev–Trinajstić information content (AvgIpc) is 1.68. The molecule has 0 bridgehead atoms. The number of carbonyl (C=O) groups excluding carboxylic acids is 25. The number of urea groups is 3. The molecule has 18 aliphatic rings. The number of likely N-dealkylation sites (N-methyl/N-ethyl adjacent to an activating group) is 8. The van der Waals surface area contributed by atoms with E-state index < -0.39 is 10.0 Å². The number of amides is 27. The van der Waals surface area contributed by atoms with Crippen LogP contribution in [0.5, 0.6) is 0 Å². The Bertz CT molecular complexity index is 4340. The molecule has 0 radical (unpaired) electrons. The second-order valence-corrected chi connectivity index (χ2v) is 40.6. The molecule has 0 aromatic heterocycles. The van der Waals surface area contributed by atoms with Crippen LogP contribution in [-0.4, -0.2) is 528 Å². The van der Waals surface area contributed by atoms with Crippen molar-refractivity contribution in [2.75, 3.05) is 263 Å². The fourth-order valence-corrected chi connectivity index (χ4v) is 16.4. The fourth-order valence-electron chi connectivity index (χ4n) is 13.4. The summed E-state index contributed by atoms with van der Waals surface area (Å²) in [4.78, 5) is 293. The normalized spacial score (nSPS) is 23.1. The van der Waals surface area contributed by atoms with Gasteiger partial charge in [-0.25, -0.2) is 36.7 Å². The van der Waals surface area contributed by atoms with Crippen LogP contribution in [0, 0.1) is 17.8 Å². The topological polar surface area (TPSA) is 583 Å². The highest BCUT2D eigenvalue weighted by Crippen LogP contribution is 2.25. The van der Waals surface area contributed by atoms with Gasteiger partial charge in [-0.05, 0) is 58.3 Å². The Labute approximate surface area is 879 Å². The summed E-state index contributed by atoms with van der Waals surface area (Å²) >= 11 is 7.27. The van der Waals surface area contributed by atoms with E-state index in [4.69, 9.17) is 17.0 Å². The summed E-state index contributed by atoms with van der Waals surface area (Å²) < 4.78 is 41.3. The van der Waals surface area contributed by atoms with Gasteiger partial charge in [-0.2, -0.15) is 0 Å². The Kier molecular flexibility index (Phi) is 61.4. The number of methoxy groups -OCH3 is 1. The van der Waals surface area contributed by atoms with Gasteiger partial charge in [0.2, 0.25) is 105 Å². The summed E-state index contributed by atoms with van der Waals surface area (Å²) in [6, 6.07) is -0.370. The number of carbonyl (C=O) groups is 25. The number of ether oxygens (including phenoxy) is 4. The lowest BCUT2D eigenvalue weighted by Crippen LogP contribution is -2.43. The van der Waals surface area contributed by atoms with E-state index in [0.29, 0.717) is 100.0 Å². The molecule has 148 heavy (non-hydrogen) atoms. The zero-order valence-electron chi connectivity index (χ0n) is 89.8. The molecular weight excluding hydrogens is 2020 g/mol. The standard InChI is InChI=1S/C7H11NO3.C7H11NO2.C6H9NO2.3C6H11NO.C5H8N2O2.C5H7NO3.C5H9NO2.C5H7NO2.C5H7NOS.C5H9NO.C4H6N2O2.C4H8N2O.C4H5NO2S.C4H9NO2S.C4H7NO2.C4H7NOS/c1-8-5(7(10)11-2)3-4-6(8)9;1-4-5(2)7(10)8(3)6(4)9;1-7-5(8)3-2-4-6(7)9;1-5-3-4-7(2)6(5)8;1-5-3-4-6(8)7(5)2;1-7-5-3-2-4-6(7)8;1-6-3-4(8)7(2)5(6)9;1-6-4(7)2-9-3-5(6)8;1-6-2-3-8-4-5(6)7;2*1-6-4(7)2-3-5(6)8;1-6-4-2-3-5(6)7;1-6-3(7)2-5-4(6)8;1-6-3-2-5-4(6)7;1-5-3(6)2-8-4(5)7;1-5-3-2-4-8(5,6)7;2*1-5-2-3-7-4(5)6/h5H,3-4H2,1-2H3;4-5H,1-3H3;2-4H2,1H3;2*5H,3-4H2,1-2H3;2-5H2,1H3;3H2,1-2H3;2-3H2,1H3;2-4H2,1H3;2*2-3H2,1H3;2-4H2,1H3;2H2,1H3,(H,5,8);2-3H2,1H3,(H,5,7);2H2,1H3;2-4H2,1H3;2*2-3H2,1H3. The molecule has 836 valence electrons. The van der Waals surface area contributed by atoms with Crippen LogP contribution < -0.4 is 10.6 Å². The molecule has 52 nitrogen and oxygen atoms in total. The Morgan fingerprint density at radius 3 is 1.05 bits per heavy atom. The maximum Gasteiger partial charge on any atom is 0.409 e. The van der Waals surface area contributed by atoms with Gasteiger partial charge in [0.15, 0.2) is 0 Å². The van der Waals surface area contributed by atoms with Crippen LogP contribution in [0.4, 0.5) is 28.8 Å². The maximum absolute atomic E-state index is 11.0. The second kappa shape index (κ2) is 67.8. The van der Waals surface area contributed by atoms with Crippen LogP contribution in [0.2, 0.25) is 0 Å². The number of thioether (sulfide) groups is 2. The van der Waals surface area contributed by atoms with Gasteiger partial charge >= 0.3 is 30.2 Å². The molecule has 2 N–H and O–H groups in total. The van der Waals surface area contributed by atoms with Gasteiger partial charge in [0.05, 0.1) is 43.3 Å². The first-order valence-corrected chi connectivity index (χ1v) is 51.9. The van der Waals surface area contributed by atoms with Crippen LogP contribution in [0.15, 0.2) is 0 Å². The van der Waals surface area contributed by atoms with Crippen LogP contribution >= 0.6 is 35.7 Å². The van der Waals surface area contributed by atoms with E-state index in [9.17, 15) is 128 Å². The Morgan fingerprint density at radius 1 is 0.365 bits per heavy atom. The van der Waals surface area contributed by atoms with E-state index in [1.54, 1.807) is 102 Å². The van der Waals surface area contributed by atoms with Crippen molar-refractivity contribution in [3.63, 3.8) is 0 Å². The summed E-state index contributed by atoms with van der Waals surface area (Å²) in [5, 5.41) is 5.08. The molecule has 0 aromatic carbocycles.